The van der Waals surface area contributed by atoms with Gasteiger partial charge in [-0.15, -0.1) is 0 Å². The van der Waals surface area contributed by atoms with E-state index >= 15 is 0 Å². The molecule has 0 saturated carbocycles. The highest BCUT2D eigenvalue weighted by Crippen LogP contribution is 2.27. The number of amides is 1. The summed E-state index contributed by atoms with van der Waals surface area (Å²) in [4.78, 5) is 28.4. The van der Waals surface area contributed by atoms with E-state index in [2.05, 4.69) is 20.2 Å². The molecule has 1 amide bonds. The largest absolute Gasteiger partial charge is 0.469 e. The van der Waals surface area contributed by atoms with Gasteiger partial charge in [0.25, 0.3) is 11.6 Å². The number of carbonyl (C=O) groups excluding carboxylic acids is 2. The Morgan fingerprint density at radius 1 is 1.19 bits per heavy atom. The van der Waals surface area contributed by atoms with Crippen LogP contribution in [0, 0.1) is 13.8 Å². The maximum atomic E-state index is 12.7. The second-order valence-corrected chi connectivity index (χ2v) is 6.30. The van der Waals surface area contributed by atoms with Crippen molar-refractivity contribution in [1.82, 2.24) is 15.5 Å². The Morgan fingerprint density at radius 3 is 2.63 bits per heavy atom. The molecule has 1 N–H and O–H groups in total. The van der Waals surface area contributed by atoms with E-state index in [-0.39, 0.29) is 18.3 Å². The highest BCUT2D eigenvalue weighted by Gasteiger charge is 2.19. The highest BCUT2D eigenvalue weighted by molar-refractivity contribution is 6.07. The van der Waals surface area contributed by atoms with Gasteiger partial charge in [-0.25, -0.2) is 4.98 Å². The smallest absolute Gasteiger partial charge is 0.305 e. The van der Waals surface area contributed by atoms with Gasteiger partial charge in [-0.3, -0.25) is 9.59 Å². The fourth-order valence-corrected chi connectivity index (χ4v) is 2.78. The molecule has 0 aliphatic heterocycles. The molecule has 27 heavy (non-hydrogen) atoms. The number of benzene rings is 1. The number of nitrogens with one attached hydrogen (secondary N) is 1. The van der Waals surface area contributed by atoms with Crippen LogP contribution in [0.25, 0.3) is 22.4 Å². The molecule has 0 atom stereocenters. The van der Waals surface area contributed by atoms with E-state index in [1.165, 1.54) is 7.11 Å². The first kappa shape index (κ1) is 18.6. The second-order valence-electron chi connectivity index (χ2n) is 6.30. The number of ether oxygens (including phenoxy) is 1. The monoisotopic (exact) mass is 367 g/mol. The Hall–Kier alpha value is -3.22. The van der Waals surface area contributed by atoms with E-state index in [1.54, 1.807) is 13.0 Å². The van der Waals surface area contributed by atoms with Crippen molar-refractivity contribution in [2.75, 3.05) is 13.7 Å². The predicted molar refractivity (Wildman–Crippen MR) is 100 cm³/mol. The van der Waals surface area contributed by atoms with Gasteiger partial charge < -0.3 is 14.6 Å². The third-order valence-electron chi connectivity index (χ3n) is 4.28. The molecule has 2 heterocycles. The standard InChI is InChI=1S/C20H21N3O4/c1-12-6-8-14(9-7-12)16-11-15(18-13(2)23-27-20(18)22-16)19(25)21-10-4-5-17(24)26-3/h6-9,11H,4-5,10H2,1-3H3,(H,21,25). The molecule has 0 spiro atoms. The number of aryl methyl sites for hydroxylation is 2. The summed E-state index contributed by atoms with van der Waals surface area (Å²) in [7, 11) is 1.34. The lowest BCUT2D eigenvalue weighted by Crippen LogP contribution is -2.25. The van der Waals surface area contributed by atoms with Crippen LogP contribution in [-0.2, 0) is 9.53 Å². The van der Waals surface area contributed by atoms with Crippen molar-refractivity contribution in [3.05, 3.63) is 47.2 Å². The van der Waals surface area contributed by atoms with Gasteiger partial charge in [0, 0.05) is 18.5 Å². The molecule has 3 rings (SSSR count). The lowest BCUT2D eigenvalue weighted by molar-refractivity contribution is -0.140. The predicted octanol–water partition coefficient (Wildman–Crippen LogP) is 3.19. The van der Waals surface area contributed by atoms with Gasteiger partial charge in [0.1, 0.15) is 0 Å². The van der Waals surface area contributed by atoms with Crippen molar-refractivity contribution < 1.29 is 18.8 Å². The lowest BCUT2D eigenvalue weighted by atomic mass is 10.0. The molecule has 140 valence electrons. The number of aromatic nitrogens is 2. The molecule has 0 fully saturated rings. The molecule has 0 aliphatic carbocycles. The Bertz CT molecular complexity index is 977. The van der Waals surface area contributed by atoms with Crippen molar-refractivity contribution in [3.8, 4) is 11.3 Å². The van der Waals surface area contributed by atoms with E-state index in [9.17, 15) is 9.59 Å². The molecule has 1 aromatic carbocycles. The Morgan fingerprint density at radius 2 is 1.93 bits per heavy atom. The molecule has 0 unspecified atom stereocenters. The minimum Gasteiger partial charge on any atom is -0.469 e. The third kappa shape index (κ3) is 4.13. The number of methoxy groups -OCH3 is 1. The van der Waals surface area contributed by atoms with Gasteiger partial charge in [0.15, 0.2) is 0 Å². The third-order valence-corrected chi connectivity index (χ3v) is 4.28. The van der Waals surface area contributed by atoms with Crippen LogP contribution in [0.15, 0.2) is 34.9 Å². The maximum absolute atomic E-state index is 12.7. The first-order chi connectivity index (χ1) is 13.0. The summed E-state index contributed by atoms with van der Waals surface area (Å²) in [5.41, 5.74) is 4.04. The Labute approximate surface area is 156 Å². The van der Waals surface area contributed by atoms with Crippen LogP contribution in [0.1, 0.15) is 34.5 Å². The van der Waals surface area contributed by atoms with Gasteiger partial charge in [0.2, 0.25) is 0 Å². The number of carbonyl (C=O) groups is 2. The number of esters is 1. The number of pyridine rings is 1. The van der Waals surface area contributed by atoms with E-state index < -0.39 is 0 Å². The zero-order valence-corrected chi connectivity index (χ0v) is 15.5. The summed E-state index contributed by atoms with van der Waals surface area (Å²) in [5, 5.41) is 7.36. The summed E-state index contributed by atoms with van der Waals surface area (Å²) in [6, 6.07) is 9.61. The van der Waals surface area contributed by atoms with Crippen LogP contribution in [0.3, 0.4) is 0 Å². The van der Waals surface area contributed by atoms with Crippen molar-refractivity contribution in [2.24, 2.45) is 0 Å². The van der Waals surface area contributed by atoms with Crippen molar-refractivity contribution in [3.63, 3.8) is 0 Å². The van der Waals surface area contributed by atoms with Gasteiger partial charge in [-0.2, -0.15) is 0 Å². The van der Waals surface area contributed by atoms with Crippen LogP contribution < -0.4 is 5.32 Å². The van der Waals surface area contributed by atoms with Crippen LogP contribution in [0.2, 0.25) is 0 Å². The molecular weight excluding hydrogens is 346 g/mol. The zero-order valence-electron chi connectivity index (χ0n) is 15.5. The topological polar surface area (TPSA) is 94.3 Å². The second kappa shape index (κ2) is 7.99. The van der Waals surface area contributed by atoms with Gasteiger partial charge in [-0.05, 0) is 26.3 Å². The molecule has 0 saturated heterocycles. The fraction of sp³-hybridized carbons (Fsp3) is 0.300. The van der Waals surface area contributed by atoms with Crippen molar-refractivity contribution in [2.45, 2.75) is 26.7 Å². The lowest BCUT2D eigenvalue weighted by Gasteiger charge is -2.08. The molecule has 0 aliphatic rings. The minimum absolute atomic E-state index is 0.253. The molecular formula is C20H21N3O4. The molecule has 0 radical (unpaired) electrons. The minimum atomic E-state index is -0.299. The van der Waals surface area contributed by atoms with Crippen LogP contribution in [0.4, 0.5) is 0 Å². The fourth-order valence-electron chi connectivity index (χ4n) is 2.78. The number of rotatable bonds is 6. The van der Waals surface area contributed by atoms with Gasteiger partial charge in [-0.1, -0.05) is 35.0 Å². The first-order valence-corrected chi connectivity index (χ1v) is 8.68. The van der Waals surface area contributed by atoms with Gasteiger partial charge >= 0.3 is 5.97 Å². The van der Waals surface area contributed by atoms with Crippen molar-refractivity contribution >= 4 is 23.0 Å². The first-order valence-electron chi connectivity index (χ1n) is 8.68. The molecule has 2 aromatic heterocycles. The summed E-state index contributed by atoms with van der Waals surface area (Å²) in [6.45, 7) is 4.14. The highest BCUT2D eigenvalue weighted by atomic mass is 16.5. The average Bonchev–Trinajstić information content (AvgIpc) is 3.05. The summed E-state index contributed by atoms with van der Waals surface area (Å²) >= 11 is 0. The van der Waals surface area contributed by atoms with E-state index in [4.69, 9.17) is 4.52 Å². The maximum Gasteiger partial charge on any atom is 0.305 e. The number of nitrogens with zero attached hydrogens (tertiary/aromatic N) is 2. The average molecular weight is 367 g/mol. The molecule has 3 aromatic rings. The number of hydrogen-bond acceptors (Lipinski definition) is 6. The summed E-state index contributed by atoms with van der Waals surface area (Å²) in [6.07, 6.45) is 0.753. The van der Waals surface area contributed by atoms with E-state index in [0.717, 1.165) is 11.1 Å². The molecule has 0 bridgehead atoms. The summed E-state index contributed by atoms with van der Waals surface area (Å²) < 4.78 is 9.89. The molecule has 7 nitrogen and oxygen atoms in total. The normalized spacial score (nSPS) is 10.8. The SMILES string of the molecule is COC(=O)CCCNC(=O)c1cc(-c2ccc(C)cc2)nc2onc(C)c12. The van der Waals surface area contributed by atoms with Crippen LogP contribution >= 0.6 is 0 Å². The van der Waals surface area contributed by atoms with Gasteiger partial charge in [0.05, 0.1) is 29.4 Å². The zero-order chi connectivity index (χ0) is 19.4. The van der Waals surface area contributed by atoms with E-state index in [0.29, 0.717) is 41.0 Å². The quantitative estimate of drug-likeness (QED) is 0.531. The summed E-state index contributed by atoms with van der Waals surface area (Å²) in [5.74, 6) is -0.556. The van der Waals surface area contributed by atoms with Crippen molar-refractivity contribution in [1.29, 1.82) is 0 Å². The van der Waals surface area contributed by atoms with Crippen LogP contribution in [-0.4, -0.2) is 35.7 Å². The number of fused-ring (bicyclic) bond motifs is 1. The van der Waals surface area contributed by atoms with E-state index in [1.807, 2.05) is 31.2 Å². The Kier molecular flexibility index (Phi) is 5.49. The Balaban J connectivity index is 1.88. The molecule has 7 heteroatoms. The number of hydrogen-bond donors (Lipinski definition) is 1. The van der Waals surface area contributed by atoms with Crippen LogP contribution in [0.5, 0.6) is 0 Å².